The lowest BCUT2D eigenvalue weighted by molar-refractivity contribution is -0.223. The van der Waals surface area contributed by atoms with Crippen LogP contribution in [0.5, 0.6) is 0 Å². The van der Waals surface area contributed by atoms with Gasteiger partial charge in [-0.3, -0.25) is 4.90 Å². The second-order valence-corrected chi connectivity index (χ2v) is 5.57. The molecule has 21 heavy (non-hydrogen) atoms. The zero-order valence-corrected chi connectivity index (χ0v) is 11.7. The Hall–Kier alpha value is -1.11. The molecule has 0 radical (unpaired) electrons. The van der Waals surface area contributed by atoms with Gasteiger partial charge in [-0.1, -0.05) is 24.3 Å². The number of halogens is 3. The van der Waals surface area contributed by atoms with Crippen LogP contribution in [0.4, 0.5) is 13.2 Å². The molecule has 1 aromatic carbocycles. The summed E-state index contributed by atoms with van der Waals surface area (Å²) in [5.74, 6) is -0.696. The van der Waals surface area contributed by atoms with E-state index in [4.69, 9.17) is 5.11 Å². The van der Waals surface area contributed by atoms with Gasteiger partial charge in [-0.25, -0.2) is 0 Å². The van der Waals surface area contributed by atoms with E-state index in [1.165, 1.54) is 0 Å². The van der Waals surface area contributed by atoms with Gasteiger partial charge in [-0.05, 0) is 43.0 Å². The topological polar surface area (TPSA) is 43.7 Å². The fraction of sp³-hybridized carbons (Fsp3) is 0.600. The average Bonchev–Trinajstić information content (AvgIpc) is 2.47. The first-order valence-electron chi connectivity index (χ1n) is 7.06. The molecule has 2 N–H and O–H groups in total. The number of piperidine rings is 1. The standard InChI is InChI=1S/C15H20F3NO2/c16-15(17,18)14(21)13-5-7-19(8-6-13)9-11-1-3-12(10-20)4-2-11/h1-4,13-14,20-21H,5-10H2. The SMILES string of the molecule is OCc1ccc(CN2CCC(C(O)C(F)(F)F)CC2)cc1. The number of aliphatic hydroxyl groups is 2. The molecule has 1 heterocycles. The molecule has 0 bridgehead atoms. The van der Waals surface area contributed by atoms with Crippen LogP contribution in [0, 0.1) is 5.92 Å². The molecule has 0 amide bonds. The Balaban J connectivity index is 1.83. The Kier molecular flexibility index (Phi) is 5.24. The molecule has 1 unspecified atom stereocenters. The minimum absolute atomic E-state index is 0.000997. The number of nitrogens with zero attached hydrogens (tertiary/aromatic N) is 1. The zero-order chi connectivity index (χ0) is 15.5. The highest BCUT2D eigenvalue weighted by molar-refractivity contribution is 5.21. The molecule has 3 nitrogen and oxygen atoms in total. The third-order valence-electron chi connectivity index (χ3n) is 4.03. The maximum atomic E-state index is 12.5. The van der Waals surface area contributed by atoms with Gasteiger partial charge in [0.05, 0.1) is 6.61 Å². The average molecular weight is 303 g/mol. The van der Waals surface area contributed by atoms with Crippen molar-refractivity contribution in [2.45, 2.75) is 38.3 Å². The minimum atomic E-state index is -4.52. The van der Waals surface area contributed by atoms with E-state index in [9.17, 15) is 18.3 Å². The smallest absolute Gasteiger partial charge is 0.392 e. The highest BCUT2D eigenvalue weighted by atomic mass is 19.4. The molecule has 1 fully saturated rings. The molecule has 1 atom stereocenters. The summed E-state index contributed by atoms with van der Waals surface area (Å²) in [6, 6.07) is 7.52. The number of hydrogen-bond acceptors (Lipinski definition) is 3. The molecular weight excluding hydrogens is 283 g/mol. The van der Waals surface area contributed by atoms with Gasteiger partial charge in [-0.2, -0.15) is 13.2 Å². The molecule has 0 saturated carbocycles. The second-order valence-electron chi connectivity index (χ2n) is 5.57. The van der Waals surface area contributed by atoms with Gasteiger partial charge in [-0.15, -0.1) is 0 Å². The van der Waals surface area contributed by atoms with Gasteiger partial charge in [0.2, 0.25) is 0 Å². The third-order valence-corrected chi connectivity index (χ3v) is 4.03. The Labute approximate surface area is 122 Å². The van der Waals surface area contributed by atoms with Crippen molar-refractivity contribution >= 4 is 0 Å². The summed E-state index contributed by atoms with van der Waals surface area (Å²) in [5, 5.41) is 18.2. The second kappa shape index (κ2) is 6.77. The fourth-order valence-corrected chi connectivity index (χ4v) is 2.70. The summed E-state index contributed by atoms with van der Waals surface area (Å²) in [5.41, 5.74) is 1.91. The zero-order valence-electron chi connectivity index (χ0n) is 11.7. The van der Waals surface area contributed by atoms with Crippen LogP contribution in [-0.4, -0.2) is 40.5 Å². The van der Waals surface area contributed by atoms with Crippen molar-refractivity contribution < 1.29 is 23.4 Å². The van der Waals surface area contributed by atoms with E-state index >= 15 is 0 Å². The van der Waals surface area contributed by atoms with E-state index in [0.717, 1.165) is 11.1 Å². The summed E-state index contributed by atoms with van der Waals surface area (Å²) in [7, 11) is 0. The van der Waals surface area contributed by atoms with E-state index in [0.29, 0.717) is 32.5 Å². The molecule has 0 spiro atoms. The Bertz CT molecular complexity index is 439. The van der Waals surface area contributed by atoms with Gasteiger partial charge in [0.25, 0.3) is 0 Å². The predicted octanol–water partition coefficient (Wildman–Crippen LogP) is 2.31. The lowest BCUT2D eigenvalue weighted by atomic mass is 9.90. The van der Waals surface area contributed by atoms with Crippen molar-refractivity contribution in [3.8, 4) is 0 Å². The van der Waals surface area contributed by atoms with Crippen molar-refractivity contribution in [3.63, 3.8) is 0 Å². The number of rotatable bonds is 4. The van der Waals surface area contributed by atoms with Crippen molar-refractivity contribution in [2.24, 2.45) is 5.92 Å². The Morgan fingerprint density at radius 1 is 1.10 bits per heavy atom. The summed E-state index contributed by atoms with van der Waals surface area (Å²) in [6.07, 6.45) is -6.01. The maximum Gasteiger partial charge on any atom is 0.414 e. The Morgan fingerprint density at radius 2 is 1.62 bits per heavy atom. The number of benzene rings is 1. The minimum Gasteiger partial charge on any atom is -0.392 e. The molecule has 2 rings (SSSR count). The number of aliphatic hydroxyl groups excluding tert-OH is 2. The largest absolute Gasteiger partial charge is 0.414 e. The molecule has 0 aliphatic carbocycles. The lowest BCUT2D eigenvalue weighted by Gasteiger charge is -2.34. The first kappa shape index (κ1) is 16.3. The first-order chi connectivity index (χ1) is 9.90. The highest BCUT2D eigenvalue weighted by Gasteiger charge is 2.44. The van der Waals surface area contributed by atoms with Crippen LogP contribution < -0.4 is 0 Å². The molecule has 1 aromatic rings. The molecule has 1 aliphatic heterocycles. The van der Waals surface area contributed by atoms with E-state index in [-0.39, 0.29) is 6.61 Å². The number of likely N-dealkylation sites (tertiary alicyclic amines) is 1. The molecule has 0 aromatic heterocycles. The van der Waals surface area contributed by atoms with Crippen molar-refractivity contribution in [1.82, 2.24) is 4.90 Å². The highest BCUT2D eigenvalue weighted by Crippen LogP contribution is 2.31. The molecule has 1 saturated heterocycles. The first-order valence-corrected chi connectivity index (χ1v) is 7.06. The lowest BCUT2D eigenvalue weighted by Crippen LogP contribution is -2.43. The molecule has 118 valence electrons. The van der Waals surface area contributed by atoms with Crippen molar-refractivity contribution in [1.29, 1.82) is 0 Å². The fourth-order valence-electron chi connectivity index (χ4n) is 2.70. The summed E-state index contributed by atoms with van der Waals surface area (Å²) < 4.78 is 37.4. The van der Waals surface area contributed by atoms with Gasteiger partial charge in [0, 0.05) is 6.54 Å². The van der Waals surface area contributed by atoms with E-state index < -0.39 is 18.2 Å². The number of hydrogen-bond donors (Lipinski definition) is 2. The van der Waals surface area contributed by atoms with Crippen LogP contribution in [0.15, 0.2) is 24.3 Å². The van der Waals surface area contributed by atoms with Crippen molar-refractivity contribution in [3.05, 3.63) is 35.4 Å². The molecular formula is C15H20F3NO2. The van der Waals surface area contributed by atoms with E-state index in [2.05, 4.69) is 4.90 Å². The third kappa shape index (κ3) is 4.43. The quantitative estimate of drug-likeness (QED) is 0.897. The monoisotopic (exact) mass is 303 g/mol. The molecule has 1 aliphatic rings. The van der Waals surface area contributed by atoms with Crippen LogP contribution in [-0.2, 0) is 13.2 Å². The van der Waals surface area contributed by atoms with Crippen LogP contribution in [0.2, 0.25) is 0 Å². The molecule has 6 heteroatoms. The van der Waals surface area contributed by atoms with Crippen molar-refractivity contribution in [2.75, 3.05) is 13.1 Å². The maximum absolute atomic E-state index is 12.5. The predicted molar refractivity (Wildman–Crippen MR) is 72.4 cm³/mol. The Morgan fingerprint density at radius 3 is 2.10 bits per heavy atom. The summed E-state index contributed by atoms with van der Waals surface area (Å²) >= 11 is 0. The van der Waals surface area contributed by atoms with Crippen LogP contribution in [0.1, 0.15) is 24.0 Å². The van der Waals surface area contributed by atoms with Crippen LogP contribution >= 0.6 is 0 Å². The normalized spacial score (nSPS) is 19.7. The number of alkyl halides is 3. The van der Waals surface area contributed by atoms with Crippen LogP contribution in [0.25, 0.3) is 0 Å². The van der Waals surface area contributed by atoms with Gasteiger partial charge in [0.15, 0.2) is 6.10 Å². The van der Waals surface area contributed by atoms with Gasteiger partial charge < -0.3 is 10.2 Å². The van der Waals surface area contributed by atoms with E-state index in [1.54, 1.807) is 0 Å². The summed E-state index contributed by atoms with van der Waals surface area (Å²) in [4.78, 5) is 2.09. The van der Waals surface area contributed by atoms with Gasteiger partial charge >= 0.3 is 6.18 Å². The summed E-state index contributed by atoms with van der Waals surface area (Å²) in [6.45, 7) is 1.79. The van der Waals surface area contributed by atoms with E-state index in [1.807, 2.05) is 24.3 Å². The van der Waals surface area contributed by atoms with Crippen LogP contribution in [0.3, 0.4) is 0 Å². The van der Waals surface area contributed by atoms with Gasteiger partial charge in [0.1, 0.15) is 0 Å².